The van der Waals surface area contributed by atoms with E-state index >= 15 is 0 Å². The van der Waals surface area contributed by atoms with Gasteiger partial charge in [-0.05, 0) is 18.9 Å². The summed E-state index contributed by atoms with van der Waals surface area (Å²) in [7, 11) is 0. The number of esters is 1. The van der Waals surface area contributed by atoms with Gasteiger partial charge in [-0.3, -0.25) is 4.79 Å². The van der Waals surface area contributed by atoms with Crippen LogP contribution in [0, 0.1) is 0 Å². The number of rotatable bonds is 10. The Morgan fingerprint density at radius 3 is 2.48 bits per heavy atom. The molecule has 0 aliphatic rings. The molecule has 0 bridgehead atoms. The van der Waals surface area contributed by atoms with E-state index in [4.69, 9.17) is 4.74 Å². The monoisotopic (exact) mass is 321 g/mol. The predicted molar refractivity (Wildman–Crippen MR) is 88.6 cm³/mol. The molecule has 23 heavy (non-hydrogen) atoms. The van der Waals surface area contributed by atoms with Crippen LogP contribution in [0.3, 0.4) is 0 Å². The van der Waals surface area contributed by atoms with Crippen LogP contribution in [0.15, 0.2) is 30.3 Å². The van der Waals surface area contributed by atoms with Crippen molar-refractivity contribution in [2.45, 2.75) is 64.7 Å². The molecule has 1 aromatic carbocycles. The topological polar surface area (TPSA) is 75.6 Å². The van der Waals surface area contributed by atoms with Crippen molar-refractivity contribution >= 4 is 11.9 Å². The first kappa shape index (κ1) is 19.2. The van der Waals surface area contributed by atoms with Gasteiger partial charge in [0.05, 0.1) is 6.10 Å². The normalized spacial score (nSPS) is 13.2. The number of hydrogen-bond donors (Lipinski definition) is 2. The number of aliphatic hydroxyl groups excluding tert-OH is 1. The second-order valence-corrected chi connectivity index (χ2v) is 5.69. The van der Waals surface area contributed by atoms with Crippen LogP contribution in [-0.2, 0) is 20.9 Å². The van der Waals surface area contributed by atoms with Gasteiger partial charge in [0.2, 0.25) is 5.91 Å². The molecule has 0 saturated carbocycles. The minimum atomic E-state index is -1.03. The van der Waals surface area contributed by atoms with Crippen LogP contribution in [0.5, 0.6) is 0 Å². The molecule has 0 spiro atoms. The molecule has 1 amide bonds. The van der Waals surface area contributed by atoms with Crippen molar-refractivity contribution in [1.82, 2.24) is 5.32 Å². The van der Waals surface area contributed by atoms with Crippen LogP contribution in [0.4, 0.5) is 0 Å². The van der Waals surface area contributed by atoms with Crippen molar-refractivity contribution in [3.8, 4) is 0 Å². The minimum absolute atomic E-state index is 0.120. The smallest absolute Gasteiger partial charge is 0.331 e. The lowest BCUT2D eigenvalue weighted by molar-refractivity contribution is -0.152. The van der Waals surface area contributed by atoms with Gasteiger partial charge in [-0.1, -0.05) is 56.5 Å². The fourth-order valence-corrected chi connectivity index (χ4v) is 2.15. The molecule has 5 nitrogen and oxygen atoms in total. The number of nitrogens with one attached hydrogen (secondary N) is 1. The molecular formula is C18H27NO4. The summed E-state index contributed by atoms with van der Waals surface area (Å²) in [6, 6.07) is 8.25. The number of amides is 1. The third kappa shape index (κ3) is 7.79. The summed E-state index contributed by atoms with van der Waals surface area (Å²) in [5, 5.41) is 12.3. The number of benzene rings is 1. The van der Waals surface area contributed by atoms with E-state index in [0.717, 1.165) is 31.2 Å². The Hall–Kier alpha value is -1.88. The van der Waals surface area contributed by atoms with Crippen LogP contribution < -0.4 is 5.32 Å². The molecule has 0 saturated heterocycles. The zero-order valence-electron chi connectivity index (χ0n) is 14.0. The second kappa shape index (κ2) is 10.8. The summed E-state index contributed by atoms with van der Waals surface area (Å²) in [5.41, 5.74) is 0.857. The standard InChI is InChI=1S/C18H27NO4/c1-3-4-5-9-12-16(21)19-17(14(2)20)18(22)23-13-15-10-7-6-8-11-15/h6-8,10-11,14,17,20H,3-5,9,12-13H2,1-2H3,(H,19,21)/t14-,17+/m1/s1. The minimum Gasteiger partial charge on any atom is -0.459 e. The van der Waals surface area contributed by atoms with E-state index in [1.807, 2.05) is 30.3 Å². The maximum absolute atomic E-state index is 12.1. The highest BCUT2D eigenvalue weighted by Crippen LogP contribution is 2.06. The quantitative estimate of drug-likeness (QED) is 0.513. The highest BCUT2D eigenvalue weighted by molar-refractivity contribution is 5.84. The molecule has 0 heterocycles. The van der Waals surface area contributed by atoms with Gasteiger partial charge in [0.25, 0.3) is 0 Å². The molecule has 0 aliphatic heterocycles. The number of unbranched alkanes of at least 4 members (excludes halogenated alkanes) is 3. The SMILES string of the molecule is CCCCCCC(=O)N[C@H](C(=O)OCc1ccccc1)[C@@H](C)O. The van der Waals surface area contributed by atoms with Gasteiger partial charge >= 0.3 is 5.97 Å². The van der Waals surface area contributed by atoms with Gasteiger partial charge in [-0.2, -0.15) is 0 Å². The first-order chi connectivity index (χ1) is 11.0. The van der Waals surface area contributed by atoms with E-state index in [9.17, 15) is 14.7 Å². The van der Waals surface area contributed by atoms with E-state index in [1.165, 1.54) is 6.92 Å². The third-order valence-corrected chi connectivity index (χ3v) is 3.53. The molecule has 128 valence electrons. The summed E-state index contributed by atoms with van der Waals surface area (Å²) in [4.78, 5) is 23.9. The fourth-order valence-electron chi connectivity index (χ4n) is 2.15. The van der Waals surface area contributed by atoms with Crippen LogP contribution in [-0.4, -0.2) is 29.1 Å². The van der Waals surface area contributed by atoms with Gasteiger partial charge in [-0.15, -0.1) is 0 Å². The van der Waals surface area contributed by atoms with Crippen LogP contribution in [0.25, 0.3) is 0 Å². The first-order valence-corrected chi connectivity index (χ1v) is 8.22. The third-order valence-electron chi connectivity index (χ3n) is 3.53. The van der Waals surface area contributed by atoms with Crippen molar-refractivity contribution in [1.29, 1.82) is 0 Å². The molecular weight excluding hydrogens is 294 g/mol. The Morgan fingerprint density at radius 2 is 1.87 bits per heavy atom. The number of aliphatic hydroxyl groups is 1. The molecule has 0 fully saturated rings. The summed E-state index contributed by atoms with van der Waals surface area (Å²) < 4.78 is 5.18. The summed E-state index contributed by atoms with van der Waals surface area (Å²) in [5.74, 6) is -0.852. The predicted octanol–water partition coefficient (Wildman–Crippen LogP) is 2.57. The number of carbonyl (C=O) groups is 2. The van der Waals surface area contributed by atoms with Gasteiger partial charge < -0.3 is 15.2 Å². The van der Waals surface area contributed by atoms with Gasteiger partial charge in [0.15, 0.2) is 6.04 Å². The van der Waals surface area contributed by atoms with E-state index in [1.54, 1.807) is 0 Å². The van der Waals surface area contributed by atoms with E-state index < -0.39 is 18.1 Å². The molecule has 2 atom stereocenters. The van der Waals surface area contributed by atoms with Crippen molar-refractivity contribution in [2.24, 2.45) is 0 Å². The van der Waals surface area contributed by atoms with Gasteiger partial charge in [-0.25, -0.2) is 4.79 Å². The Bertz CT molecular complexity index is 473. The lowest BCUT2D eigenvalue weighted by Crippen LogP contribution is -2.48. The number of carbonyl (C=O) groups excluding carboxylic acids is 2. The molecule has 0 radical (unpaired) electrons. The average molecular weight is 321 g/mol. The maximum Gasteiger partial charge on any atom is 0.331 e. The van der Waals surface area contributed by atoms with Gasteiger partial charge in [0.1, 0.15) is 6.61 Å². The Kier molecular flexibility index (Phi) is 8.98. The largest absolute Gasteiger partial charge is 0.459 e. The maximum atomic E-state index is 12.1. The Labute approximate surface area is 138 Å². The zero-order chi connectivity index (χ0) is 17.1. The zero-order valence-corrected chi connectivity index (χ0v) is 14.0. The molecule has 0 aliphatic carbocycles. The Morgan fingerprint density at radius 1 is 1.17 bits per heavy atom. The molecule has 5 heteroatoms. The molecule has 1 rings (SSSR count). The molecule has 0 aromatic heterocycles. The highest BCUT2D eigenvalue weighted by atomic mass is 16.5. The summed E-state index contributed by atoms with van der Waals surface area (Å²) in [6.07, 6.45) is 3.32. The van der Waals surface area contributed by atoms with E-state index in [0.29, 0.717) is 6.42 Å². The van der Waals surface area contributed by atoms with E-state index in [-0.39, 0.29) is 12.5 Å². The van der Waals surface area contributed by atoms with Crippen molar-refractivity contribution in [3.63, 3.8) is 0 Å². The lowest BCUT2D eigenvalue weighted by Gasteiger charge is -2.20. The van der Waals surface area contributed by atoms with Crippen LogP contribution >= 0.6 is 0 Å². The average Bonchev–Trinajstić information content (AvgIpc) is 2.55. The lowest BCUT2D eigenvalue weighted by atomic mass is 10.1. The van der Waals surface area contributed by atoms with Crippen molar-refractivity contribution in [3.05, 3.63) is 35.9 Å². The highest BCUT2D eigenvalue weighted by Gasteiger charge is 2.26. The van der Waals surface area contributed by atoms with Crippen molar-refractivity contribution in [2.75, 3.05) is 0 Å². The fraction of sp³-hybridized carbons (Fsp3) is 0.556. The van der Waals surface area contributed by atoms with Gasteiger partial charge in [0, 0.05) is 6.42 Å². The summed E-state index contributed by atoms with van der Waals surface area (Å²) >= 11 is 0. The summed E-state index contributed by atoms with van der Waals surface area (Å²) in [6.45, 7) is 3.69. The molecule has 1 aromatic rings. The second-order valence-electron chi connectivity index (χ2n) is 5.69. The molecule has 2 N–H and O–H groups in total. The van der Waals surface area contributed by atoms with Crippen LogP contribution in [0.2, 0.25) is 0 Å². The first-order valence-electron chi connectivity index (χ1n) is 8.22. The van der Waals surface area contributed by atoms with Crippen LogP contribution in [0.1, 0.15) is 51.5 Å². The van der Waals surface area contributed by atoms with E-state index in [2.05, 4.69) is 12.2 Å². The van der Waals surface area contributed by atoms with Crippen molar-refractivity contribution < 1.29 is 19.4 Å². The molecule has 0 unspecified atom stereocenters. The number of ether oxygens (including phenoxy) is 1. The number of hydrogen-bond acceptors (Lipinski definition) is 4. The Balaban J connectivity index is 2.43.